The Morgan fingerprint density at radius 2 is 2.00 bits per heavy atom. The molecule has 0 spiro atoms. The van der Waals surface area contributed by atoms with E-state index in [-0.39, 0.29) is 12.6 Å². The first-order valence-corrected chi connectivity index (χ1v) is 7.52. The van der Waals surface area contributed by atoms with E-state index in [1.54, 1.807) is 17.4 Å². The number of rotatable bonds is 3. The van der Waals surface area contributed by atoms with Crippen LogP contribution in [0.15, 0.2) is 47.8 Å². The summed E-state index contributed by atoms with van der Waals surface area (Å²) in [7, 11) is 0. The van der Waals surface area contributed by atoms with E-state index in [0.717, 1.165) is 16.5 Å². The van der Waals surface area contributed by atoms with Gasteiger partial charge in [0.05, 0.1) is 5.56 Å². The van der Waals surface area contributed by atoms with Crippen molar-refractivity contribution in [2.75, 3.05) is 5.73 Å². The molecule has 3 aromatic rings. The van der Waals surface area contributed by atoms with Crippen molar-refractivity contribution in [1.82, 2.24) is 0 Å². The molecule has 0 amide bonds. The van der Waals surface area contributed by atoms with E-state index in [2.05, 4.69) is 6.07 Å². The third-order valence-electron chi connectivity index (χ3n) is 3.43. The molecule has 1 aromatic heterocycles. The number of esters is 1. The van der Waals surface area contributed by atoms with Crippen LogP contribution in [-0.2, 0) is 11.3 Å². The lowest BCUT2D eigenvalue weighted by molar-refractivity contribution is 0.0475. The molecule has 4 heteroatoms. The summed E-state index contributed by atoms with van der Waals surface area (Å²) in [5, 5.41) is 3.16. The van der Waals surface area contributed by atoms with E-state index in [0.29, 0.717) is 11.3 Å². The van der Waals surface area contributed by atoms with Crippen molar-refractivity contribution < 1.29 is 9.53 Å². The summed E-state index contributed by atoms with van der Waals surface area (Å²) < 4.78 is 6.62. The van der Waals surface area contributed by atoms with Crippen LogP contribution in [0.25, 0.3) is 10.1 Å². The van der Waals surface area contributed by atoms with Crippen LogP contribution in [-0.4, -0.2) is 5.97 Å². The van der Waals surface area contributed by atoms with Crippen LogP contribution < -0.4 is 5.73 Å². The monoisotopic (exact) mass is 297 g/mol. The molecule has 0 aliphatic rings. The van der Waals surface area contributed by atoms with Gasteiger partial charge in [-0.1, -0.05) is 30.3 Å². The zero-order valence-electron chi connectivity index (χ0n) is 11.6. The van der Waals surface area contributed by atoms with E-state index in [1.807, 2.05) is 42.6 Å². The van der Waals surface area contributed by atoms with Crippen molar-refractivity contribution >= 4 is 33.1 Å². The van der Waals surface area contributed by atoms with Gasteiger partial charge in [-0.05, 0) is 35.4 Å². The molecule has 0 fully saturated rings. The fourth-order valence-electron chi connectivity index (χ4n) is 2.33. The average molecular weight is 297 g/mol. The summed E-state index contributed by atoms with van der Waals surface area (Å²) >= 11 is 1.65. The Bertz CT molecular complexity index is 787. The number of nitrogens with two attached hydrogens (primary N) is 1. The normalized spacial score (nSPS) is 10.7. The Balaban J connectivity index is 1.80. The van der Waals surface area contributed by atoms with E-state index >= 15 is 0 Å². The van der Waals surface area contributed by atoms with Crippen molar-refractivity contribution in [1.29, 1.82) is 0 Å². The molecule has 1 heterocycles. The van der Waals surface area contributed by atoms with Gasteiger partial charge >= 0.3 is 5.97 Å². The smallest absolute Gasteiger partial charge is 0.340 e. The molecule has 0 aliphatic heterocycles. The minimum atomic E-state index is -0.374. The maximum atomic E-state index is 12.2. The molecule has 0 bridgehead atoms. The lowest BCUT2D eigenvalue weighted by atomic mass is 10.1. The van der Waals surface area contributed by atoms with Gasteiger partial charge in [0.15, 0.2) is 0 Å². The molecule has 2 N–H and O–H groups in total. The predicted octanol–water partition coefficient (Wildman–Crippen LogP) is 4.15. The maximum absolute atomic E-state index is 12.2. The standard InChI is InChI=1S/C17H15NO2S/c1-11-5-4-7-14(18)16(11)17(19)20-9-12-10-21-15-8-3-2-6-13(12)15/h2-8,10H,9,18H2,1H3. The quantitative estimate of drug-likeness (QED) is 0.583. The zero-order chi connectivity index (χ0) is 14.8. The SMILES string of the molecule is Cc1cccc(N)c1C(=O)OCc1csc2ccccc12. The third kappa shape index (κ3) is 2.62. The molecule has 3 rings (SSSR count). The van der Waals surface area contributed by atoms with Crippen molar-refractivity contribution in [3.05, 3.63) is 64.5 Å². The van der Waals surface area contributed by atoms with Crippen LogP contribution in [0.4, 0.5) is 5.69 Å². The van der Waals surface area contributed by atoms with Gasteiger partial charge in [-0.25, -0.2) is 4.79 Å². The molecule has 21 heavy (non-hydrogen) atoms. The lowest BCUT2D eigenvalue weighted by Crippen LogP contribution is -2.10. The molecule has 0 atom stereocenters. The first-order valence-electron chi connectivity index (χ1n) is 6.64. The first kappa shape index (κ1) is 13.6. The van der Waals surface area contributed by atoms with Crippen molar-refractivity contribution in [3.63, 3.8) is 0 Å². The highest BCUT2D eigenvalue weighted by atomic mass is 32.1. The van der Waals surface area contributed by atoms with Crippen LogP contribution in [0.2, 0.25) is 0 Å². The van der Waals surface area contributed by atoms with Gasteiger partial charge in [0.25, 0.3) is 0 Å². The van der Waals surface area contributed by atoms with E-state index in [4.69, 9.17) is 10.5 Å². The molecule has 0 saturated carbocycles. The number of ether oxygens (including phenoxy) is 1. The number of anilines is 1. The first-order chi connectivity index (χ1) is 10.2. The van der Waals surface area contributed by atoms with E-state index < -0.39 is 0 Å². The molecule has 0 radical (unpaired) electrons. The zero-order valence-corrected chi connectivity index (χ0v) is 12.4. The summed E-state index contributed by atoms with van der Waals surface area (Å²) in [6, 6.07) is 13.5. The largest absolute Gasteiger partial charge is 0.457 e. The summed E-state index contributed by atoms with van der Waals surface area (Å²) in [6.45, 7) is 2.11. The maximum Gasteiger partial charge on any atom is 0.340 e. The highest BCUT2D eigenvalue weighted by molar-refractivity contribution is 7.17. The summed E-state index contributed by atoms with van der Waals surface area (Å²) in [4.78, 5) is 12.2. The van der Waals surface area contributed by atoms with Gasteiger partial charge in [-0.2, -0.15) is 0 Å². The molecule has 0 saturated heterocycles. The number of carbonyl (C=O) groups is 1. The second kappa shape index (κ2) is 5.58. The molecule has 106 valence electrons. The molecule has 0 aliphatic carbocycles. The van der Waals surface area contributed by atoms with Gasteiger partial charge in [-0.15, -0.1) is 11.3 Å². The van der Waals surface area contributed by atoms with Gasteiger partial charge in [-0.3, -0.25) is 0 Å². The number of nitrogen functional groups attached to an aromatic ring is 1. The number of benzene rings is 2. The van der Waals surface area contributed by atoms with E-state index in [9.17, 15) is 4.79 Å². The molecule has 3 nitrogen and oxygen atoms in total. The van der Waals surface area contributed by atoms with Crippen LogP contribution >= 0.6 is 11.3 Å². The fourth-order valence-corrected chi connectivity index (χ4v) is 3.28. The van der Waals surface area contributed by atoms with E-state index in [1.165, 1.54) is 4.70 Å². The van der Waals surface area contributed by atoms with Gasteiger partial charge in [0.2, 0.25) is 0 Å². The molecule has 2 aromatic carbocycles. The number of thiophene rings is 1. The van der Waals surface area contributed by atoms with Crippen molar-refractivity contribution in [3.8, 4) is 0 Å². The average Bonchev–Trinajstić information content (AvgIpc) is 2.88. The van der Waals surface area contributed by atoms with Crippen LogP contribution in [0.3, 0.4) is 0 Å². The van der Waals surface area contributed by atoms with Crippen LogP contribution in [0.1, 0.15) is 21.5 Å². The molecular weight excluding hydrogens is 282 g/mol. The number of fused-ring (bicyclic) bond motifs is 1. The molecular formula is C17H15NO2S. The summed E-state index contributed by atoms with van der Waals surface area (Å²) in [5.41, 5.74) is 8.63. The Morgan fingerprint density at radius 1 is 1.19 bits per heavy atom. The highest BCUT2D eigenvalue weighted by Crippen LogP contribution is 2.26. The van der Waals surface area contributed by atoms with Gasteiger partial charge in [0.1, 0.15) is 6.61 Å². The minimum Gasteiger partial charge on any atom is -0.457 e. The van der Waals surface area contributed by atoms with Gasteiger partial charge < -0.3 is 10.5 Å². The Labute approximate surface area is 127 Å². The van der Waals surface area contributed by atoms with Gasteiger partial charge in [0, 0.05) is 16.0 Å². The highest BCUT2D eigenvalue weighted by Gasteiger charge is 2.15. The number of hydrogen-bond donors (Lipinski definition) is 1. The summed E-state index contributed by atoms with van der Waals surface area (Å²) in [5.74, 6) is -0.374. The Hall–Kier alpha value is -2.33. The van der Waals surface area contributed by atoms with Crippen LogP contribution in [0.5, 0.6) is 0 Å². The Kier molecular flexibility index (Phi) is 3.62. The third-order valence-corrected chi connectivity index (χ3v) is 4.44. The van der Waals surface area contributed by atoms with Crippen molar-refractivity contribution in [2.24, 2.45) is 0 Å². The molecule has 0 unspecified atom stereocenters. The topological polar surface area (TPSA) is 52.3 Å². The minimum absolute atomic E-state index is 0.261. The number of carbonyl (C=O) groups excluding carboxylic acids is 1. The Morgan fingerprint density at radius 3 is 2.81 bits per heavy atom. The number of hydrogen-bond acceptors (Lipinski definition) is 4. The second-order valence-electron chi connectivity index (χ2n) is 4.87. The lowest BCUT2D eigenvalue weighted by Gasteiger charge is -2.09. The second-order valence-corrected chi connectivity index (χ2v) is 5.78. The number of aryl methyl sites for hydroxylation is 1. The predicted molar refractivity (Wildman–Crippen MR) is 86.5 cm³/mol. The summed E-state index contributed by atoms with van der Waals surface area (Å²) in [6.07, 6.45) is 0. The van der Waals surface area contributed by atoms with Crippen molar-refractivity contribution in [2.45, 2.75) is 13.5 Å². The van der Waals surface area contributed by atoms with Crippen LogP contribution in [0, 0.1) is 6.92 Å². The fraction of sp³-hybridized carbons (Fsp3) is 0.118.